The molecule has 1 unspecified atom stereocenters. The van der Waals surface area contributed by atoms with Crippen molar-refractivity contribution < 1.29 is 0 Å². The summed E-state index contributed by atoms with van der Waals surface area (Å²) in [5.41, 5.74) is 7.73. The van der Waals surface area contributed by atoms with Crippen molar-refractivity contribution in [2.24, 2.45) is 10.8 Å². The van der Waals surface area contributed by atoms with E-state index in [1.807, 2.05) is 33.0 Å². The monoisotopic (exact) mass is 234 g/mol. The Morgan fingerprint density at radius 3 is 2.71 bits per heavy atom. The molecule has 92 valence electrons. The molecule has 0 saturated carbocycles. The topological polar surface area (TPSA) is 70.6 Å². The molecular formula is C11H18N6. The van der Waals surface area contributed by atoms with Gasteiger partial charge >= 0.3 is 0 Å². The van der Waals surface area contributed by atoms with Crippen molar-refractivity contribution >= 4 is 11.7 Å². The highest BCUT2D eigenvalue weighted by Gasteiger charge is 2.37. The molecule has 0 radical (unpaired) electrons. The van der Waals surface area contributed by atoms with Crippen LogP contribution >= 0.6 is 0 Å². The highest BCUT2D eigenvalue weighted by atomic mass is 15.5. The Labute approximate surface area is 101 Å². The molecule has 1 aromatic rings. The van der Waals surface area contributed by atoms with E-state index in [0.717, 1.165) is 23.6 Å². The fourth-order valence-electron chi connectivity index (χ4n) is 2.23. The number of hydrogen-bond donors (Lipinski definition) is 1. The lowest BCUT2D eigenvalue weighted by Gasteiger charge is -2.26. The fourth-order valence-corrected chi connectivity index (χ4v) is 2.23. The SMILES string of the molecule is CC.CN1CC2c3c(ncnc31)C(N)=NN2C. The molecule has 0 aliphatic carbocycles. The zero-order valence-corrected chi connectivity index (χ0v) is 10.7. The zero-order chi connectivity index (χ0) is 12.6. The lowest BCUT2D eigenvalue weighted by atomic mass is 10.1. The second-order valence-electron chi connectivity index (χ2n) is 3.91. The average Bonchev–Trinajstić information content (AvgIpc) is 2.68. The Morgan fingerprint density at radius 2 is 2.00 bits per heavy atom. The molecule has 2 N–H and O–H groups in total. The van der Waals surface area contributed by atoms with E-state index in [9.17, 15) is 0 Å². The Kier molecular flexibility index (Phi) is 2.87. The number of hydrogen-bond acceptors (Lipinski definition) is 6. The van der Waals surface area contributed by atoms with Gasteiger partial charge in [-0.2, -0.15) is 5.10 Å². The number of nitrogens with zero attached hydrogens (tertiary/aromatic N) is 5. The Balaban J connectivity index is 0.000000514. The van der Waals surface area contributed by atoms with Gasteiger partial charge in [-0.25, -0.2) is 9.97 Å². The minimum atomic E-state index is 0.230. The first-order valence-electron chi connectivity index (χ1n) is 5.82. The van der Waals surface area contributed by atoms with Gasteiger partial charge in [0, 0.05) is 20.6 Å². The van der Waals surface area contributed by atoms with Crippen molar-refractivity contribution in [1.82, 2.24) is 15.0 Å². The number of hydrazone groups is 1. The van der Waals surface area contributed by atoms with Crippen LogP contribution in [-0.4, -0.2) is 41.5 Å². The number of likely N-dealkylation sites (N-methyl/N-ethyl adjacent to an activating group) is 2. The molecule has 0 spiro atoms. The summed E-state index contributed by atoms with van der Waals surface area (Å²) in [5.74, 6) is 1.44. The van der Waals surface area contributed by atoms with Crippen LogP contribution in [0.1, 0.15) is 31.1 Å². The minimum absolute atomic E-state index is 0.230. The van der Waals surface area contributed by atoms with Crippen LogP contribution in [0.2, 0.25) is 0 Å². The lowest BCUT2D eigenvalue weighted by molar-refractivity contribution is 0.264. The van der Waals surface area contributed by atoms with Crippen molar-refractivity contribution in [3.05, 3.63) is 17.6 Å². The molecule has 2 aliphatic heterocycles. The molecule has 1 aromatic heterocycles. The minimum Gasteiger partial charge on any atom is -0.380 e. The number of nitrogens with two attached hydrogens (primary N) is 1. The normalized spacial score (nSPS) is 20.5. The average molecular weight is 234 g/mol. The Bertz CT molecular complexity index is 455. The van der Waals surface area contributed by atoms with Crippen LogP contribution in [0, 0.1) is 0 Å². The first kappa shape index (κ1) is 11.6. The van der Waals surface area contributed by atoms with Crippen LogP contribution in [0.3, 0.4) is 0 Å². The second-order valence-corrected chi connectivity index (χ2v) is 3.91. The number of anilines is 1. The third-order valence-electron chi connectivity index (χ3n) is 2.96. The van der Waals surface area contributed by atoms with E-state index in [0.29, 0.717) is 5.84 Å². The summed E-state index contributed by atoms with van der Waals surface area (Å²) in [6.07, 6.45) is 1.54. The highest BCUT2D eigenvalue weighted by Crippen LogP contribution is 2.38. The third kappa shape index (κ3) is 1.60. The predicted molar refractivity (Wildman–Crippen MR) is 67.9 cm³/mol. The molecule has 3 heterocycles. The van der Waals surface area contributed by atoms with Crippen molar-refractivity contribution in [2.45, 2.75) is 19.9 Å². The molecule has 3 rings (SSSR count). The van der Waals surface area contributed by atoms with Gasteiger partial charge in [0.1, 0.15) is 17.8 Å². The highest BCUT2D eigenvalue weighted by molar-refractivity contribution is 5.99. The molecule has 0 bridgehead atoms. The van der Waals surface area contributed by atoms with Crippen molar-refractivity contribution in [1.29, 1.82) is 0 Å². The van der Waals surface area contributed by atoms with Crippen molar-refractivity contribution in [3.8, 4) is 0 Å². The molecular weight excluding hydrogens is 216 g/mol. The van der Waals surface area contributed by atoms with Gasteiger partial charge in [0.25, 0.3) is 0 Å². The molecule has 2 aliphatic rings. The first-order valence-corrected chi connectivity index (χ1v) is 5.82. The molecule has 0 aromatic carbocycles. The van der Waals surface area contributed by atoms with E-state index in [1.165, 1.54) is 0 Å². The smallest absolute Gasteiger partial charge is 0.170 e. The van der Waals surface area contributed by atoms with Gasteiger partial charge < -0.3 is 10.6 Å². The van der Waals surface area contributed by atoms with Gasteiger partial charge in [-0.15, -0.1) is 0 Å². The van der Waals surface area contributed by atoms with Crippen molar-refractivity contribution in [2.75, 3.05) is 25.5 Å². The maximum atomic E-state index is 5.84. The van der Waals surface area contributed by atoms with Gasteiger partial charge in [-0.1, -0.05) is 13.8 Å². The van der Waals surface area contributed by atoms with Crippen LogP contribution in [0.4, 0.5) is 5.82 Å². The molecule has 6 heteroatoms. The summed E-state index contributed by atoms with van der Waals surface area (Å²) >= 11 is 0. The number of aromatic nitrogens is 2. The van der Waals surface area contributed by atoms with E-state index in [-0.39, 0.29) is 6.04 Å². The van der Waals surface area contributed by atoms with Crippen molar-refractivity contribution in [3.63, 3.8) is 0 Å². The lowest BCUT2D eigenvalue weighted by Crippen LogP contribution is -2.33. The molecule has 0 amide bonds. The maximum absolute atomic E-state index is 5.84. The van der Waals surface area contributed by atoms with Gasteiger partial charge in [0.2, 0.25) is 0 Å². The quantitative estimate of drug-likeness (QED) is 0.710. The molecule has 6 nitrogen and oxygen atoms in total. The standard InChI is InChI=1S/C9H12N6.C2H6/c1-14-3-5-6-7(8(10)13-15(5)2)11-4-12-9(6)14;1-2/h4-5H,3H2,1-2H3,(H2,10,13);1-2H3. The van der Waals surface area contributed by atoms with E-state index in [4.69, 9.17) is 5.73 Å². The van der Waals surface area contributed by atoms with Gasteiger partial charge in [-0.05, 0) is 0 Å². The van der Waals surface area contributed by atoms with Crippen LogP contribution in [0.25, 0.3) is 0 Å². The molecule has 17 heavy (non-hydrogen) atoms. The van der Waals surface area contributed by atoms with Crippen LogP contribution in [0.5, 0.6) is 0 Å². The Hall–Kier alpha value is -1.85. The first-order chi connectivity index (χ1) is 8.18. The van der Waals surface area contributed by atoms with Gasteiger partial charge in [0.05, 0.1) is 11.6 Å². The molecule has 1 atom stereocenters. The fraction of sp³-hybridized carbons (Fsp3) is 0.545. The summed E-state index contributed by atoms with van der Waals surface area (Å²) in [4.78, 5) is 10.6. The number of rotatable bonds is 0. The van der Waals surface area contributed by atoms with Gasteiger partial charge in [0.15, 0.2) is 5.84 Å². The van der Waals surface area contributed by atoms with E-state index in [2.05, 4.69) is 20.0 Å². The summed E-state index contributed by atoms with van der Waals surface area (Å²) in [7, 11) is 3.95. The van der Waals surface area contributed by atoms with Gasteiger partial charge in [-0.3, -0.25) is 5.01 Å². The summed E-state index contributed by atoms with van der Waals surface area (Å²) in [6.45, 7) is 4.88. The second kappa shape index (κ2) is 4.20. The molecule has 0 fully saturated rings. The van der Waals surface area contributed by atoms with Crippen LogP contribution in [-0.2, 0) is 0 Å². The summed E-state index contributed by atoms with van der Waals surface area (Å²) < 4.78 is 0. The van der Waals surface area contributed by atoms with Crippen LogP contribution in [0.15, 0.2) is 11.4 Å². The van der Waals surface area contributed by atoms with E-state index < -0.39 is 0 Å². The third-order valence-corrected chi connectivity index (χ3v) is 2.96. The van der Waals surface area contributed by atoms with Crippen LogP contribution < -0.4 is 10.6 Å². The Morgan fingerprint density at radius 1 is 1.29 bits per heavy atom. The zero-order valence-electron chi connectivity index (χ0n) is 10.7. The predicted octanol–water partition coefficient (Wildman–Crippen LogP) is 0.559. The molecule has 0 saturated heterocycles. The maximum Gasteiger partial charge on any atom is 0.170 e. The summed E-state index contributed by atoms with van der Waals surface area (Å²) in [6, 6.07) is 0.230. The largest absolute Gasteiger partial charge is 0.380 e. The summed E-state index contributed by atoms with van der Waals surface area (Å²) in [5, 5.41) is 6.14. The van der Waals surface area contributed by atoms with E-state index >= 15 is 0 Å². The van der Waals surface area contributed by atoms with E-state index in [1.54, 1.807) is 6.33 Å². The number of amidine groups is 1.